The van der Waals surface area contributed by atoms with Crippen molar-refractivity contribution in [2.24, 2.45) is 17.8 Å². The molecule has 98 valence electrons. The summed E-state index contributed by atoms with van der Waals surface area (Å²) in [7, 11) is 0. The lowest BCUT2D eigenvalue weighted by Crippen LogP contribution is -2.58. The van der Waals surface area contributed by atoms with Gasteiger partial charge in [-0.1, -0.05) is 11.6 Å². The van der Waals surface area contributed by atoms with Gasteiger partial charge in [-0.25, -0.2) is 0 Å². The second-order valence-electron chi connectivity index (χ2n) is 6.76. The summed E-state index contributed by atoms with van der Waals surface area (Å²) < 4.78 is 0.914. The highest BCUT2D eigenvalue weighted by molar-refractivity contribution is 7.16. The zero-order chi connectivity index (χ0) is 12.2. The second kappa shape index (κ2) is 4.22. The Bertz CT molecular complexity index is 418. The van der Waals surface area contributed by atoms with Crippen LogP contribution < -0.4 is 5.32 Å². The number of hydrogen-bond donors (Lipinski definition) is 1. The zero-order valence-corrected chi connectivity index (χ0v) is 12.2. The van der Waals surface area contributed by atoms with Crippen molar-refractivity contribution in [2.45, 2.75) is 50.6 Å². The molecule has 4 saturated carbocycles. The third-order valence-corrected chi connectivity index (χ3v) is 6.54. The zero-order valence-electron chi connectivity index (χ0n) is 10.6. The first-order valence-electron chi connectivity index (χ1n) is 7.20. The lowest BCUT2D eigenvalue weighted by Gasteiger charge is -2.57. The molecule has 4 bridgehead atoms. The molecule has 0 aliphatic heterocycles. The van der Waals surface area contributed by atoms with Gasteiger partial charge in [0.15, 0.2) is 0 Å². The highest BCUT2D eigenvalue weighted by Gasteiger charge is 2.50. The van der Waals surface area contributed by atoms with E-state index in [1.807, 2.05) is 6.07 Å². The van der Waals surface area contributed by atoms with Crippen LogP contribution in [-0.4, -0.2) is 5.54 Å². The largest absolute Gasteiger partial charge is 0.306 e. The molecule has 3 heteroatoms. The molecule has 0 radical (unpaired) electrons. The van der Waals surface area contributed by atoms with Crippen molar-refractivity contribution in [3.8, 4) is 0 Å². The van der Waals surface area contributed by atoms with Crippen molar-refractivity contribution < 1.29 is 0 Å². The maximum atomic E-state index is 6.01. The first kappa shape index (κ1) is 11.7. The molecule has 1 aromatic heterocycles. The average Bonchev–Trinajstić information content (AvgIpc) is 2.71. The Morgan fingerprint density at radius 3 is 2.22 bits per heavy atom. The molecule has 1 aromatic rings. The van der Waals surface area contributed by atoms with Gasteiger partial charge in [0.25, 0.3) is 0 Å². The molecular formula is C15H20ClNS. The van der Waals surface area contributed by atoms with E-state index < -0.39 is 0 Å². The van der Waals surface area contributed by atoms with Crippen LogP contribution >= 0.6 is 22.9 Å². The Kier molecular flexibility index (Phi) is 2.76. The fourth-order valence-corrected chi connectivity index (χ4v) is 6.08. The normalized spacial score (nSPS) is 41.5. The third-order valence-electron chi connectivity index (χ3n) is 5.30. The van der Waals surface area contributed by atoms with E-state index in [2.05, 4.69) is 11.4 Å². The minimum absolute atomic E-state index is 0.477. The number of thiophene rings is 1. The summed E-state index contributed by atoms with van der Waals surface area (Å²) in [5.74, 6) is 3.07. The molecule has 4 aliphatic carbocycles. The third kappa shape index (κ3) is 2.03. The molecule has 1 N–H and O–H groups in total. The van der Waals surface area contributed by atoms with Gasteiger partial charge in [-0.3, -0.25) is 0 Å². The minimum atomic E-state index is 0.477. The van der Waals surface area contributed by atoms with E-state index in [0.717, 1.165) is 28.6 Å². The molecule has 4 aliphatic rings. The standard InChI is InChI=1S/C15H20ClNS/c16-14-2-1-13(18-14)9-17-15-6-10-3-11(7-15)5-12(4-10)8-15/h1-2,10-12,17H,3-9H2. The van der Waals surface area contributed by atoms with E-state index in [-0.39, 0.29) is 0 Å². The van der Waals surface area contributed by atoms with E-state index in [0.29, 0.717) is 5.54 Å². The minimum Gasteiger partial charge on any atom is -0.306 e. The van der Waals surface area contributed by atoms with E-state index in [9.17, 15) is 0 Å². The van der Waals surface area contributed by atoms with Crippen molar-refractivity contribution in [1.29, 1.82) is 0 Å². The molecule has 0 atom stereocenters. The van der Waals surface area contributed by atoms with Gasteiger partial charge >= 0.3 is 0 Å². The molecule has 0 aromatic carbocycles. The Labute approximate surface area is 118 Å². The molecule has 0 saturated heterocycles. The van der Waals surface area contributed by atoms with Crippen LogP contribution in [0.25, 0.3) is 0 Å². The molecule has 18 heavy (non-hydrogen) atoms. The molecule has 0 spiro atoms. The van der Waals surface area contributed by atoms with Crippen molar-refractivity contribution in [1.82, 2.24) is 5.32 Å². The predicted molar refractivity (Wildman–Crippen MR) is 77.1 cm³/mol. The van der Waals surface area contributed by atoms with Crippen molar-refractivity contribution in [3.05, 3.63) is 21.3 Å². The average molecular weight is 282 g/mol. The summed E-state index contributed by atoms with van der Waals surface area (Å²) in [6.45, 7) is 1.02. The number of rotatable bonds is 3. The monoisotopic (exact) mass is 281 g/mol. The van der Waals surface area contributed by atoms with Crippen molar-refractivity contribution in [3.63, 3.8) is 0 Å². The maximum absolute atomic E-state index is 6.01. The first-order valence-corrected chi connectivity index (χ1v) is 8.39. The Balaban J connectivity index is 1.47. The first-order chi connectivity index (χ1) is 8.71. The van der Waals surface area contributed by atoms with Gasteiger partial charge in [-0.15, -0.1) is 11.3 Å². The van der Waals surface area contributed by atoms with Crippen LogP contribution in [0.15, 0.2) is 12.1 Å². The fraction of sp³-hybridized carbons (Fsp3) is 0.733. The highest BCUT2D eigenvalue weighted by atomic mass is 35.5. The predicted octanol–water partition coefficient (Wildman–Crippen LogP) is 4.46. The summed E-state index contributed by atoms with van der Waals surface area (Å²) >= 11 is 7.73. The topological polar surface area (TPSA) is 12.0 Å². The highest BCUT2D eigenvalue weighted by Crippen LogP contribution is 2.55. The molecule has 5 rings (SSSR count). The van der Waals surface area contributed by atoms with Gasteiger partial charge in [0.1, 0.15) is 0 Å². The summed E-state index contributed by atoms with van der Waals surface area (Å²) in [6.07, 6.45) is 8.84. The van der Waals surface area contributed by atoms with Crippen LogP contribution in [0.5, 0.6) is 0 Å². The van der Waals surface area contributed by atoms with Crippen LogP contribution in [0.2, 0.25) is 4.34 Å². The number of hydrogen-bond acceptors (Lipinski definition) is 2. The molecule has 1 nitrogen and oxygen atoms in total. The van der Waals surface area contributed by atoms with Gasteiger partial charge in [0.2, 0.25) is 0 Å². The van der Waals surface area contributed by atoms with Crippen molar-refractivity contribution in [2.75, 3.05) is 0 Å². The van der Waals surface area contributed by atoms with Gasteiger partial charge in [-0.05, 0) is 68.4 Å². The van der Waals surface area contributed by atoms with Crippen molar-refractivity contribution >= 4 is 22.9 Å². The molecule has 4 fully saturated rings. The van der Waals surface area contributed by atoms with E-state index in [1.54, 1.807) is 11.3 Å². The van der Waals surface area contributed by atoms with Gasteiger partial charge < -0.3 is 5.32 Å². The molecule has 0 unspecified atom stereocenters. The van der Waals surface area contributed by atoms with E-state index in [4.69, 9.17) is 11.6 Å². The van der Waals surface area contributed by atoms with Crippen LogP contribution in [-0.2, 0) is 6.54 Å². The smallest absolute Gasteiger partial charge is 0.0931 e. The molecule has 0 amide bonds. The van der Waals surface area contributed by atoms with Gasteiger partial charge in [0, 0.05) is 17.0 Å². The van der Waals surface area contributed by atoms with Crippen LogP contribution in [0.3, 0.4) is 0 Å². The Hall–Kier alpha value is -0.0500. The van der Waals surface area contributed by atoms with Crippen LogP contribution in [0.1, 0.15) is 43.4 Å². The Morgan fingerprint density at radius 1 is 1.11 bits per heavy atom. The second-order valence-corrected chi connectivity index (χ2v) is 8.56. The lowest BCUT2D eigenvalue weighted by atomic mass is 9.53. The number of nitrogens with one attached hydrogen (secondary N) is 1. The maximum Gasteiger partial charge on any atom is 0.0931 e. The quantitative estimate of drug-likeness (QED) is 0.862. The van der Waals surface area contributed by atoms with Crippen LogP contribution in [0, 0.1) is 17.8 Å². The molecule has 1 heterocycles. The van der Waals surface area contributed by atoms with Gasteiger partial charge in [0.05, 0.1) is 4.34 Å². The summed E-state index contributed by atoms with van der Waals surface area (Å²) in [4.78, 5) is 1.38. The van der Waals surface area contributed by atoms with E-state index >= 15 is 0 Å². The lowest BCUT2D eigenvalue weighted by molar-refractivity contribution is -0.0204. The fourth-order valence-electron chi connectivity index (χ4n) is 5.05. The summed E-state index contributed by atoms with van der Waals surface area (Å²) in [5, 5.41) is 3.91. The SMILES string of the molecule is Clc1ccc(CNC23CC4CC(CC(C4)C2)C3)s1. The number of halogens is 1. The summed E-state index contributed by atoms with van der Waals surface area (Å²) in [5.41, 5.74) is 0.477. The van der Waals surface area contributed by atoms with Crippen LogP contribution in [0.4, 0.5) is 0 Å². The van der Waals surface area contributed by atoms with E-state index in [1.165, 1.54) is 43.4 Å². The molecular weight excluding hydrogens is 262 g/mol. The summed E-state index contributed by atoms with van der Waals surface area (Å²) in [6, 6.07) is 4.18. The van der Waals surface area contributed by atoms with Gasteiger partial charge in [-0.2, -0.15) is 0 Å². The Morgan fingerprint density at radius 2 is 1.72 bits per heavy atom.